The predicted octanol–water partition coefficient (Wildman–Crippen LogP) is 1.51. The standard InChI is InChI=1S/C18H22N2O5/c1-18(17(23)24)8-5-9-20(18)16(22)12-10-15(21)19(11-12)13-6-3-4-7-14(13)25-2/h3-4,6-7,12H,5,8-11H2,1-2H3,(H,23,24). The van der Waals surface area contributed by atoms with Crippen molar-refractivity contribution in [2.24, 2.45) is 5.92 Å². The molecule has 3 rings (SSSR count). The van der Waals surface area contributed by atoms with Crippen molar-refractivity contribution < 1.29 is 24.2 Å². The molecule has 1 N–H and O–H groups in total. The van der Waals surface area contributed by atoms with Crippen molar-refractivity contribution >= 4 is 23.5 Å². The fourth-order valence-corrected chi connectivity index (χ4v) is 3.72. The molecule has 1 aromatic rings. The number of carbonyl (C=O) groups excluding carboxylic acids is 2. The van der Waals surface area contributed by atoms with Crippen LogP contribution in [0.25, 0.3) is 0 Å². The Bertz CT molecular complexity index is 719. The van der Waals surface area contributed by atoms with E-state index >= 15 is 0 Å². The summed E-state index contributed by atoms with van der Waals surface area (Å²) in [4.78, 5) is 39.9. The van der Waals surface area contributed by atoms with E-state index < -0.39 is 17.4 Å². The third-order valence-corrected chi connectivity index (χ3v) is 5.22. The highest BCUT2D eigenvalue weighted by Gasteiger charge is 2.49. The second-order valence-electron chi connectivity index (χ2n) is 6.75. The first-order valence-electron chi connectivity index (χ1n) is 8.36. The highest BCUT2D eigenvalue weighted by Crippen LogP contribution is 2.36. The smallest absolute Gasteiger partial charge is 0.329 e. The first-order valence-corrected chi connectivity index (χ1v) is 8.36. The Morgan fingerprint density at radius 1 is 1.32 bits per heavy atom. The van der Waals surface area contributed by atoms with Gasteiger partial charge in [-0.2, -0.15) is 0 Å². The summed E-state index contributed by atoms with van der Waals surface area (Å²) < 4.78 is 5.30. The van der Waals surface area contributed by atoms with Crippen molar-refractivity contribution in [3.63, 3.8) is 0 Å². The van der Waals surface area contributed by atoms with Crippen LogP contribution < -0.4 is 9.64 Å². The van der Waals surface area contributed by atoms with Gasteiger partial charge >= 0.3 is 5.97 Å². The number of nitrogens with zero attached hydrogens (tertiary/aromatic N) is 2. The fourth-order valence-electron chi connectivity index (χ4n) is 3.72. The van der Waals surface area contributed by atoms with Crippen LogP contribution in [0.1, 0.15) is 26.2 Å². The summed E-state index contributed by atoms with van der Waals surface area (Å²) >= 11 is 0. The number of benzene rings is 1. The van der Waals surface area contributed by atoms with E-state index in [4.69, 9.17) is 4.74 Å². The Morgan fingerprint density at radius 3 is 2.72 bits per heavy atom. The summed E-state index contributed by atoms with van der Waals surface area (Å²) in [6.07, 6.45) is 1.18. The third kappa shape index (κ3) is 2.83. The number of hydrogen-bond donors (Lipinski definition) is 1. The number of carboxylic acids is 1. The minimum atomic E-state index is -1.18. The van der Waals surface area contributed by atoms with Crippen LogP contribution in [0.15, 0.2) is 24.3 Å². The molecule has 1 aromatic carbocycles. The molecule has 2 atom stereocenters. The number of aliphatic carboxylic acids is 1. The predicted molar refractivity (Wildman–Crippen MR) is 90.4 cm³/mol. The highest BCUT2D eigenvalue weighted by molar-refractivity contribution is 6.02. The molecule has 2 aliphatic rings. The SMILES string of the molecule is COc1ccccc1N1CC(C(=O)N2CCCC2(C)C(=O)O)CC1=O. The first-order chi connectivity index (χ1) is 11.9. The van der Waals surface area contributed by atoms with E-state index in [2.05, 4.69) is 0 Å². The number of ether oxygens (including phenoxy) is 1. The number of para-hydroxylation sites is 2. The molecule has 134 valence electrons. The van der Waals surface area contributed by atoms with Crippen molar-refractivity contribution in [3.8, 4) is 5.75 Å². The lowest BCUT2D eigenvalue weighted by atomic mass is 9.97. The molecule has 7 nitrogen and oxygen atoms in total. The molecular formula is C18H22N2O5. The number of carbonyl (C=O) groups is 3. The van der Waals surface area contributed by atoms with Gasteiger partial charge in [-0.15, -0.1) is 0 Å². The van der Waals surface area contributed by atoms with Gasteiger partial charge in [-0.3, -0.25) is 9.59 Å². The maximum Gasteiger partial charge on any atom is 0.329 e. The average molecular weight is 346 g/mol. The van der Waals surface area contributed by atoms with Crippen LogP contribution in [0.3, 0.4) is 0 Å². The van der Waals surface area contributed by atoms with Crippen LogP contribution in [-0.2, 0) is 14.4 Å². The monoisotopic (exact) mass is 346 g/mol. The lowest BCUT2D eigenvalue weighted by Gasteiger charge is -2.33. The molecule has 2 heterocycles. The van der Waals surface area contributed by atoms with E-state index in [-0.39, 0.29) is 24.8 Å². The number of hydrogen-bond acceptors (Lipinski definition) is 4. The average Bonchev–Trinajstić information content (AvgIpc) is 3.18. The van der Waals surface area contributed by atoms with Gasteiger partial charge in [0, 0.05) is 19.5 Å². The Morgan fingerprint density at radius 2 is 2.04 bits per heavy atom. The summed E-state index contributed by atoms with van der Waals surface area (Å²) in [5.41, 5.74) is -0.550. The zero-order valence-corrected chi connectivity index (χ0v) is 14.4. The number of anilines is 1. The Labute approximate surface area is 146 Å². The Balaban J connectivity index is 1.81. The quantitative estimate of drug-likeness (QED) is 0.893. The molecule has 0 aliphatic carbocycles. The van der Waals surface area contributed by atoms with Gasteiger partial charge in [0.1, 0.15) is 11.3 Å². The zero-order valence-electron chi connectivity index (χ0n) is 14.4. The largest absolute Gasteiger partial charge is 0.495 e. The number of methoxy groups -OCH3 is 1. The van der Waals surface area contributed by atoms with Crippen LogP contribution in [0.5, 0.6) is 5.75 Å². The molecule has 7 heteroatoms. The third-order valence-electron chi connectivity index (χ3n) is 5.22. The van der Waals surface area contributed by atoms with E-state index in [1.165, 1.54) is 12.0 Å². The van der Waals surface area contributed by atoms with Gasteiger partial charge in [0.15, 0.2) is 0 Å². The minimum Gasteiger partial charge on any atom is -0.495 e. The Kier molecular flexibility index (Phi) is 4.41. The molecule has 25 heavy (non-hydrogen) atoms. The van der Waals surface area contributed by atoms with Gasteiger partial charge in [0.25, 0.3) is 0 Å². The van der Waals surface area contributed by atoms with Gasteiger partial charge in [-0.25, -0.2) is 4.79 Å². The summed E-state index contributed by atoms with van der Waals surface area (Å²) in [6, 6.07) is 7.16. The molecule has 2 amide bonds. The summed E-state index contributed by atoms with van der Waals surface area (Å²) in [7, 11) is 1.53. The molecule has 2 fully saturated rings. The molecule has 0 bridgehead atoms. The number of rotatable bonds is 4. The topological polar surface area (TPSA) is 87.2 Å². The molecule has 2 aliphatic heterocycles. The zero-order chi connectivity index (χ0) is 18.2. The molecule has 0 aromatic heterocycles. The summed E-state index contributed by atoms with van der Waals surface area (Å²) in [6.45, 7) is 2.24. The van der Waals surface area contributed by atoms with Crippen LogP contribution >= 0.6 is 0 Å². The summed E-state index contributed by atoms with van der Waals surface area (Å²) in [5.74, 6) is -1.37. The second-order valence-corrected chi connectivity index (χ2v) is 6.75. The van der Waals surface area contributed by atoms with Gasteiger partial charge in [-0.05, 0) is 31.9 Å². The van der Waals surface area contributed by atoms with Gasteiger partial charge in [0.2, 0.25) is 11.8 Å². The molecule has 2 unspecified atom stereocenters. The highest BCUT2D eigenvalue weighted by atomic mass is 16.5. The van der Waals surface area contributed by atoms with E-state index in [0.29, 0.717) is 30.8 Å². The second kappa shape index (κ2) is 6.38. The van der Waals surface area contributed by atoms with Gasteiger partial charge in [0.05, 0.1) is 18.7 Å². The van der Waals surface area contributed by atoms with E-state index in [1.807, 2.05) is 12.1 Å². The van der Waals surface area contributed by atoms with Gasteiger partial charge in [-0.1, -0.05) is 12.1 Å². The van der Waals surface area contributed by atoms with Crippen LogP contribution in [0, 0.1) is 5.92 Å². The van der Waals surface area contributed by atoms with Crippen molar-refractivity contribution in [2.75, 3.05) is 25.1 Å². The minimum absolute atomic E-state index is 0.0864. The van der Waals surface area contributed by atoms with Crippen molar-refractivity contribution in [1.29, 1.82) is 0 Å². The maximum atomic E-state index is 12.9. The lowest BCUT2D eigenvalue weighted by Crippen LogP contribution is -2.52. The van der Waals surface area contributed by atoms with Crippen molar-refractivity contribution in [1.82, 2.24) is 4.90 Å². The molecule has 2 saturated heterocycles. The molecular weight excluding hydrogens is 324 g/mol. The van der Waals surface area contributed by atoms with Crippen LogP contribution in [-0.4, -0.2) is 53.5 Å². The molecule has 0 radical (unpaired) electrons. The van der Waals surface area contributed by atoms with Crippen LogP contribution in [0.2, 0.25) is 0 Å². The molecule has 0 saturated carbocycles. The lowest BCUT2D eigenvalue weighted by molar-refractivity contribution is -0.156. The number of amides is 2. The number of carboxylic acid groups (broad SMARTS) is 1. The van der Waals surface area contributed by atoms with E-state index in [1.54, 1.807) is 24.0 Å². The normalized spacial score (nSPS) is 26.2. The van der Waals surface area contributed by atoms with E-state index in [9.17, 15) is 19.5 Å². The van der Waals surface area contributed by atoms with Crippen molar-refractivity contribution in [3.05, 3.63) is 24.3 Å². The number of likely N-dealkylation sites (tertiary alicyclic amines) is 1. The first kappa shape index (κ1) is 17.3. The molecule has 0 spiro atoms. The maximum absolute atomic E-state index is 12.9. The Hall–Kier alpha value is -2.57. The fraction of sp³-hybridized carbons (Fsp3) is 0.500. The summed E-state index contributed by atoms with van der Waals surface area (Å²) in [5, 5.41) is 9.50. The van der Waals surface area contributed by atoms with E-state index in [0.717, 1.165) is 0 Å². The van der Waals surface area contributed by atoms with Crippen LogP contribution in [0.4, 0.5) is 5.69 Å². The van der Waals surface area contributed by atoms with Gasteiger partial charge < -0.3 is 19.6 Å². The van der Waals surface area contributed by atoms with Crippen molar-refractivity contribution in [2.45, 2.75) is 31.7 Å².